The highest BCUT2D eigenvalue weighted by Gasteiger charge is 2.13. The number of hydrogen-bond donors (Lipinski definition) is 4. The topological polar surface area (TPSA) is 130 Å². The van der Waals surface area contributed by atoms with Crippen molar-refractivity contribution in [2.45, 2.75) is 25.7 Å². The summed E-state index contributed by atoms with van der Waals surface area (Å²) in [6.45, 7) is 2.49. The second-order valence-electron chi connectivity index (χ2n) is 9.87. The van der Waals surface area contributed by atoms with Crippen LogP contribution in [0.15, 0.2) is 73.1 Å². The Hall–Kier alpha value is -3.24. The number of nitrogens with zero attached hydrogens (tertiary/aromatic N) is 2. The summed E-state index contributed by atoms with van der Waals surface area (Å²) in [5.41, 5.74) is 32.8. The van der Waals surface area contributed by atoms with Crippen molar-refractivity contribution in [3.05, 3.63) is 95.3 Å². The number of nitrogens with two attached hydrogens (primary N) is 4. The molecule has 2 heterocycles. The van der Waals surface area contributed by atoms with E-state index in [9.17, 15) is 0 Å². The Morgan fingerprint density at radius 1 is 0.475 bits per heavy atom. The number of hydrogen-bond acceptors (Lipinski definition) is 8. The van der Waals surface area contributed by atoms with Crippen LogP contribution >= 0.6 is 22.7 Å². The number of benzene rings is 3. The SMILES string of the molecule is NCCc1cc(CCN)cc(-c2cnc(-c3cccc(-c4ncc(-c5cc(CCN)cc(CCN)c5)s4)c3)s2)c1. The molecule has 0 unspecified atom stereocenters. The van der Waals surface area contributed by atoms with Crippen LogP contribution in [0.3, 0.4) is 0 Å². The van der Waals surface area contributed by atoms with E-state index in [1.165, 1.54) is 33.4 Å². The summed E-state index contributed by atoms with van der Waals surface area (Å²) >= 11 is 3.40. The van der Waals surface area contributed by atoms with E-state index in [4.69, 9.17) is 32.9 Å². The largest absolute Gasteiger partial charge is 0.330 e. The number of aromatic nitrogens is 2. The zero-order valence-electron chi connectivity index (χ0n) is 22.6. The maximum atomic E-state index is 5.84. The molecule has 8 heteroatoms. The van der Waals surface area contributed by atoms with Gasteiger partial charge in [-0.3, -0.25) is 0 Å². The first kappa shape index (κ1) is 28.3. The molecule has 0 atom stereocenters. The Kier molecular flexibility index (Phi) is 9.49. The fraction of sp³-hybridized carbons (Fsp3) is 0.250. The van der Waals surface area contributed by atoms with Crippen LogP contribution in [0, 0.1) is 0 Å². The highest BCUT2D eigenvalue weighted by atomic mass is 32.1. The van der Waals surface area contributed by atoms with E-state index in [2.05, 4.69) is 60.7 Å². The van der Waals surface area contributed by atoms with E-state index in [1.54, 1.807) is 22.7 Å². The minimum Gasteiger partial charge on any atom is -0.330 e. The predicted octanol–water partition coefficient (Wildman–Crippen LogP) is 5.27. The molecule has 0 amide bonds. The Balaban J connectivity index is 1.42. The Labute approximate surface area is 244 Å². The van der Waals surface area contributed by atoms with Crippen molar-refractivity contribution in [2.24, 2.45) is 22.9 Å². The third-order valence-corrected chi connectivity index (χ3v) is 8.97. The van der Waals surface area contributed by atoms with Crippen LogP contribution in [0.25, 0.3) is 42.0 Å². The molecule has 0 bridgehead atoms. The molecular weight excluding hydrogens is 533 g/mol. The zero-order chi connectivity index (χ0) is 27.9. The minimum atomic E-state index is 0.624. The van der Waals surface area contributed by atoms with Crippen molar-refractivity contribution in [3.63, 3.8) is 0 Å². The molecule has 0 saturated carbocycles. The van der Waals surface area contributed by atoms with Gasteiger partial charge in [-0.1, -0.05) is 54.6 Å². The summed E-state index contributed by atoms with van der Waals surface area (Å²) in [5, 5.41) is 1.97. The molecule has 206 valence electrons. The molecule has 0 radical (unpaired) electrons. The lowest BCUT2D eigenvalue weighted by Gasteiger charge is -2.08. The lowest BCUT2D eigenvalue weighted by Crippen LogP contribution is -2.06. The van der Waals surface area contributed by atoms with Gasteiger partial charge < -0.3 is 22.9 Å². The molecule has 5 rings (SSSR count). The van der Waals surface area contributed by atoms with Gasteiger partial charge in [0.05, 0.1) is 9.75 Å². The average molecular weight is 569 g/mol. The van der Waals surface area contributed by atoms with E-state index in [0.717, 1.165) is 56.6 Å². The van der Waals surface area contributed by atoms with Gasteiger partial charge in [0, 0.05) is 23.5 Å². The van der Waals surface area contributed by atoms with Gasteiger partial charge >= 0.3 is 0 Å². The maximum absolute atomic E-state index is 5.84. The predicted molar refractivity (Wildman–Crippen MR) is 171 cm³/mol. The van der Waals surface area contributed by atoms with Crippen LogP contribution in [0.2, 0.25) is 0 Å². The summed E-state index contributed by atoms with van der Waals surface area (Å²) in [5.74, 6) is 0. The highest BCUT2D eigenvalue weighted by molar-refractivity contribution is 7.18. The van der Waals surface area contributed by atoms with Gasteiger partial charge in [0.25, 0.3) is 0 Å². The molecule has 0 saturated heterocycles. The quantitative estimate of drug-likeness (QED) is 0.162. The maximum Gasteiger partial charge on any atom is 0.123 e. The minimum absolute atomic E-state index is 0.624. The lowest BCUT2D eigenvalue weighted by atomic mass is 10.0. The monoisotopic (exact) mass is 568 g/mol. The average Bonchev–Trinajstić information content (AvgIpc) is 3.65. The van der Waals surface area contributed by atoms with E-state index >= 15 is 0 Å². The molecule has 0 aliphatic carbocycles. The summed E-state index contributed by atoms with van der Waals surface area (Å²) in [6.07, 6.45) is 7.33. The van der Waals surface area contributed by atoms with Gasteiger partial charge in [-0.2, -0.15) is 0 Å². The van der Waals surface area contributed by atoms with Crippen LogP contribution < -0.4 is 22.9 Å². The van der Waals surface area contributed by atoms with E-state index in [-0.39, 0.29) is 0 Å². The fourth-order valence-electron chi connectivity index (χ4n) is 4.92. The second kappa shape index (κ2) is 13.4. The Morgan fingerprint density at radius 2 is 0.850 bits per heavy atom. The molecule has 8 N–H and O–H groups in total. The van der Waals surface area contributed by atoms with Crippen molar-refractivity contribution < 1.29 is 0 Å². The van der Waals surface area contributed by atoms with Crippen LogP contribution in [0.4, 0.5) is 0 Å². The molecule has 6 nitrogen and oxygen atoms in total. The molecular formula is C32H36N6S2. The fourth-order valence-corrected chi connectivity index (χ4v) is 6.72. The van der Waals surface area contributed by atoms with Gasteiger partial charge in [-0.25, -0.2) is 9.97 Å². The first-order chi connectivity index (χ1) is 19.6. The van der Waals surface area contributed by atoms with Crippen LogP contribution in [0.1, 0.15) is 22.3 Å². The zero-order valence-corrected chi connectivity index (χ0v) is 24.2. The first-order valence-electron chi connectivity index (χ1n) is 13.7. The van der Waals surface area contributed by atoms with E-state index < -0.39 is 0 Å². The normalized spacial score (nSPS) is 11.3. The molecule has 3 aromatic carbocycles. The van der Waals surface area contributed by atoms with Crippen molar-refractivity contribution in [3.8, 4) is 42.0 Å². The summed E-state index contributed by atoms with van der Waals surface area (Å²) < 4.78 is 0. The first-order valence-corrected chi connectivity index (χ1v) is 15.3. The van der Waals surface area contributed by atoms with Gasteiger partial charge in [0.1, 0.15) is 10.0 Å². The summed E-state index contributed by atoms with van der Waals surface area (Å²) in [6, 6.07) is 21.8. The third kappa shape index (κ3) is 6.72. The number of thiazole rings is 2. The van der Waals surface area contributed by atoms with Crippen LogP contribution in [-0.2, 0) is 25.7 Å². The molecule has 0 aliphatic rings. The Bertz CT molecular complexity index is 1410. The van der Waals surface area contributed by atoms with Gasteiger partial charge in [0.15, 0.2) is 0 Å². The molecule has 5 aromatic rings. The smallest absolute Gasteiger partial charge is 0.123 e. The van der Waals surface area contributed by atoms with E-state index in [1.807, 2.05) is 12.4 Å². The van der Waals surface area contributed by atoms with Gasteiger partial charge in [-0.15, -0.1) is 22.7 Å². The summed E-state index contributed by atoms with van der Waals surface area (Å²) in [7, 11) is 0. The lowest BCUT2D eigenvalue weighted by molar-refractivity contribution is 0.941. The summed E-state index contributed by atoms with van der Waals surface area (Å²) in [4.78, 5) is 11.9. The van der Waals surface area contributed by atoms with Gasteiger partial charge in [-0.05, 0) is 91.3 Å². The Morgan fingerprint density at radius 3 is 1.20 bits per heavy atom. The highest BCUT2D eigenvalue weighted by Crippen LogP contribution is 2.37. The van der Waals surface area contributed by atoms with Gasteiger partial charge in [0.2, 0.25) is 0 Å². The van der Waals surface area contributed by atoms with Crippen molar-refractivity contribution in [1.82, 2.24) is 9.97 Å². The van der Waals surface area contributed by atoms with Crippen molar-refractivity contribution in [1.29, 1.82) is 0 Å². The molecule has 0 spiro atoms. The molecule has 0 fully saturated rings. The second-order valence-corrected chi connectivity index (χ2v) is 11.9. The van der Waals surface area contributed by atoms with E-state index in [0.29, 0.717) is 26.2 Å². The molecule has 0 aliphatic heterocycles. The van der Waals surface area contributed by atoms with Crippen LogP contribution in [0.5, 0.6) is 0 Å². The number of rotatable bonds is 12. The molecule has 40 heavy (non-hydrogen) atoms. The molecule has 2 aromatic heterocycles. The standard InChI is InChI=1S/C32H36N6S2/c33-8-4-21-12-22(5-9-34)15-27(14-21)29-19-37-31(39-29)25-2-1-3-26(18-25)32-38-20-30(40-32)28-16-23(6-10-35)13-24(17-28)7-11-36/h1-3,12-20H,4-11,33-36H2. The van der Waals surface area contributed by atoms with Crippen LogP contribution in [-0.4, -0.2) is 36.1 Å². The van der Waals surface area contributed by atoms with Crippen molar-refractivity contribution in [2.75, 3.05) is 26.2 Å². The third-order valence-electron chi connectivity index (χ3n) is 6.77. The van der Waals surface area contributed by atoms with Crippen molar-refractivity contribution >= 4 is 22.7 Å².